The highest BCUT2D eigenvalue weighted by molar-refractivity contribution is 7.89. The van der Waals surface area contributed by atoms with E-state index in [1.807, 2.05) is 26.0 Å². The Kier molecular flexibility index (Phi) is 7.28. The summed E-state index contributed by atoms with van der Waals surface area (Å²) in [6, 6.07) is 5.61. The Labute approximate surface area is 154 Å². The van der Waals surface area contributed by atoms with Crippen molar-refractivity contribution < 1.29 is 8.42 Å². The molecule has 0 spiro atoms. The first-order valence-electron chi connectivity index (χ1n) is 8.64. The summed E-state index contributed by atoms with van der Waals surface area (Å²) in [7, 11) is -3.20. The second kappa shape index (κ2) is 9.44. The van der Waals surface area contributed by atoms with Gasteiger partial charge in [0, 0.05) is 25.4 Å². The molecule has 8 nitrogen and oxygen atoms in total. The van der Waals surface area contributed by atoms with Gasteiger partial charge in [-0.3, -0.25) is 0 Å². The molecule has 0 radical (unpaired) electrons. The molecule has 2 heterocycles. The molecule has 0 aliphatic carbocycles. The molecule has 0 saturated carbocycles. The van der Waals surface area contributed by atoms with Crippen LogP contribution in [0.4, 0.5) is 17.5 Å². The van der Waals surface area contributed by atoms with Gasteiger partial charge in [-0.05, 0) is 38.0 Å². The third-order valence-electron chi connectivity index (χ3n) is 3.53. The van der Waals surface area contributed by atoms with E-state index in [0.717, 1.165) is 12.0 Å². The van der Waals surface area contributed by atoms with Gasteiger partial charge < -0.3 is 10.6 Å². The van der Waals surface area contributed by atoms with Crippen LogP contribution in [0.1, 0.15) is 31.2 Å². The molecule has 0 amide bonds. The molecule has 0 saturated heterocycles. The summed E-state index contributed by atoms with van der Waals surface area (Å²) in [5.41, 5.74) is 1.10. The van der Waals surface area contributed by atoms with Crippen molar-refractivity contribution in [3.8, 4) is 0 Å². The second-order valence-electron chi connectivity index (χ2n) is 6.02. The summed E-state index contributed by atoms with van der Waals surface area (Å²) in [5, 5.41) is 6.26. The van der Waals surface area contributed by atoms with Gasteiger partial charge in [-0.25, -0.2) is 28.1 Å². The molecule has 0 fully saturated rings. The number of nitrogens with one attached hydrogen (secondary N) is 3. The molecule has 26 heavy (non-hydrogen) atoms. The van der Waals surface area contributed by atoms with Crippen molar-refractivity contribution in [2.24, 2.45) is 0 Å². The third-order valence-corrected chi connectivity index (χ3v) is 5.00. The first kappa shape index (κ1) is 20.1. The molecule has 0 bridgehead atoms. The van der Waals surface area contributed by atoms with Gasteiger partial charge >= 0.3 is 0 Å². The van der Waals surface area contributed by atoms with Gasteiger partial charge in [0.25, 0.3) is 0 Å². The molecule has 0 unspecified atom stereocenters. The fourth-order valence-electron chi connectivity index (χ4n) is 2.26. The molecule has 0 aliphatic heterocycles. The van der Waals surface area contributed by atoms with E-state index >= 15 is 0 Å². The van der Waals surface area contributed by atoms with Crippen LogP contribution in [0.3, 0.4) is 0 Å². The maximum atomic E-state index is 11.8. The number of anilines is 3. The Hall–Kier alpha value is -2.26. The van der Waals surface area contributed by atoms with E-state index in [0.29, 0.717) is 42.8 Å². The molecule has 2 rings (SSSR count). The van der Waals surface area contributed by atoms with Crippen molar-refractivity contribution >= 4 is 27.5 Å². The fraction of sp³-hybridized carbons (Fsp3) is 0.471. The molecular formula is C17H26N6O2S. The van der Waals surface area contributed by atoms with E-state index in [9.17, 15) is 8.42 Å². The lowest BCUT2D eigenvalue weighted by Gasteiger charge is -2.11. The number of pyridine rings is 1. The van der Waals surface area contributed by atoms with Crippen LogP contribution in [0.5, 0.6) is 0 Å². The summed E-state index contributed by atoms with van der Waals surface area (Å²) in [5.74, 6) is 2.72. The number of unbranched alkanes of at least 4 members (excludes halogenated alkanes) is 1. The maximum absolute atomic E-state index is 11.8. The minimum atomic E-state index is -3.20. The predicted molar refractivity (Wildman–Crippen MR) is 104 cm³/mol. The summed E-state index contributed by atoms with van der Waals surface area (Å²) < 4.78 is 26.1. The number of rotatable bonds is 10. The van der Waals surface area contributed by atoms with Gasteiger partial charge in [-0.15, -0.1) is 0 Å². The molecule has 0 atom stereocenters. The normalized spacial score (nSPS) is 11.3. The lowest BCUT2D eigenvalue weighted by Crippen LogP contribution is -2.31. The fourth-order valence-corrected chi connectivity index (χ4v) is 3.49. The third kappa shape index (κ3) is 6.93. The van der Waals surface area contributed by atoms with Crippen molar-refractivity contribution in [1.82, 2.24) is 19.7 Å². The molecule has 0 aliphatic rings. The smallest absolute Gasteiger partial charge is 0.211 e. The van der Waals surface area contributed by atoms with E-state index in [-0.39, 0.29) is 5.75 Å². The zero-order valence-electron chi connectivity index (χ0n) is 15.4. The highest BCUT2D eigenvalue weighted by Crippen LogP contribution is 2.16. The summed E-state index contributed by atoms with van der Waals surface area (Å²) >= 11 is 0. The number of sulfonamides is 1. The van der Waals surface area contributed by atoms with Crippen LogP contribution >= 0.6 is 0 Å². The van der Waals surface area contributed by atoms with Crippen molar-refractivity contribution in [1.29, 1.82) is 0 Å². The Morgan fingerprint density at radius 2 is 1.81 bits per heavy atom. The molecule has 0 aromatic carbocycles. The second-order valence-corrected chi connectivity index (χ2v) is 7.95. The monoisotopic (exact) mass is 378 g/mol. The highest BCUT2D eigenvalue weighted by atomic mass is 32.2. The van der Waals surface area contributed by atoms with Crippen LogP contribution in [-0.2, 0) is 10.0 Å². The maximum Gasteiger partial charge on any atom is 0.211 e. The van der Waals surface area contributed by atoms with Crippen molar-refractivity contribution in [3.63, 3.8) is 0 Å². The van der Waals surface area contributed by atoms with Crippen LogP contribution in [0.15, 0.2) is 24.4 Å². The minimum Gasteiger partial charge on any atom is -0.369 e. The van der Waals surface area contributed by atoms with Crippen LogP contribution in [-0.4, -0.2) is 42.2 Å². The number of hydrogen-bond acceptors (Lipinski definition) is 7. The van der Waals surface area contributed by atoms with Crippen LogP contribution in [0.25, 0.3) is 0 Å². The average Bonchev–Trinajstić information content (AvgIpc) is 2.57. The molecule has 9 heteroatoms. The number of hydrogen-bond donors (Lipinski definition) is 3. The van der Waals surface area contributed by atoms with Crippen LogP contribution in [0, 0.1) is 13.8 Å². The zero-order chi connectivity index (χ0) is 19.0. The average molecular weight is 379 g/mol. The van der Waals surface area contributed by atoms with E-state index in [4.69, 9.17) is 0 Å². The van der Waals surface area contributed by atoms with Crippen molar-refractivity contribution in [2.45, 2.75) is 33.6 Å². The molecule has 3 N–H and O–H groups in total. The van der Waals surface area contributed by atoms with Gasteiger partial charge in [0.15, 0.2) is 0 Å². The van der Waals surface area contributed by atoms with E-state index in [1.165, 1.54) is 0 Å². The summed E-state index contributed by atoms with van der Waals surface area (Å²) in [4.78, 5) is 12.9. The van der Waals surface area contributed by atoms with Gasteiger partial charge in [0.1, 0.15) is 23.3 Å². The molecule has 142 valence electrons. The Morgan fingerprint density at radius 3 is 2.54 bits per heavy atom. The summed E-state index contributed by atoms with van der Waals surface area (Å²) in [6.07, 6.45) is 3.25. The first-order chi connectivity index (χ1) is 12.4. The quantitative estimate of drug-likeness (QED) is 0.545. The largest absolute Gasteiger partial charge is 0.369 e. The summed E-state index contributed by atoms with van der Waals surface area (Å²) in [6.45, 7) is 6.49. The molecule has 2 aromatic heterocycles. The number of aryl methyl sites for hydroxylation is 2. The topological polar surface area (TPSA) is 109 Å². The predicted octanol–water partition coefficient (Wildman–Crippen LogP) is 2.36. The van der Waals surface area contributed by atoms with Gasteiger partial charge in [-0.1, -0.05) is 13.3 Å². The van der Waals surface area contributed by atoms with Gasteiger partial charge in [0.05, 0.1) is 5.75 Å². The Morgan fingerprint density at radius 1 is 1.04 bits per heavy atom. The van der Waals surface area contributed by atoms with Crippen molar-refractivity contribution in [3.05, 3.63) is 35.8 Å². The number of aromatic nitrogens is 3. The van der Waals surface area contributed by atoms with Crippen LogP contribution in [0.2, 0.25) is 0 Å². The first-order valence-corrected chi connectivity index (χ1v) is 10.3. The highest BCUT2D eigenvalue weighted by Gasteiger charge is 2.08. The zero-order valence-corrected chi connectivity index (χ0v) is 16.2. The Bertz CT molecular complexity index is 826. The minimum absolute atomic E-state index is 0.160. The van der Waals surface area contributed by atoms with E-state index in [1.54, 1.807) is 19.2 Å². The lowest BCUT2D eigenvalue weighted by atomic mass is 10.3. The number of nitrogens with zero attached hydrogens (tertiary/aromatic N) is 3. The standard InChI is InChI=1S/C17H26N6O2S/c1-4-5-10-26(24,25)20-9-8-19-16-12-17(22-14(3)21-16)23-15-11-13(2)6-7-18-15/h6-7,11-12,20H,4-5,8-10H2,1-3H3,(H2,18,19,21,22,23). The molecule has 2 aromatic rings. The van der Waals surface area contributed by atoms with Crippen molar-refractivity contribution in [2.75, 3.05) is 29.5 Å². The Balaban J connectivity index is 1.91. The van der Waals surface area contributed by atoms with E-state index in [2.05, 4.69) is 30.3 Å². The lowest BCUT2D eigenvalue weighted by molar-refractivity contribution is 0.579. The molecular weight excluding hydrogens is 352 g/mol. The van der Waals surface area contributed by atoms with Gasteiger partial charge in [0.2, 0.25) is 10.0 Å². The van der Waals surface area contributed by atoms with E-state index < -0.39 is 10.0 Å². The van der Waals surface area contributed by atoms with Crippen LogP contribution < -0.4 is 15.4 Å². The van der Waals surface area contributed by atoms with Gasteiger partial charge in [-0.2, -0.15) is 0 Å². The SMILES string of the molecule is CCCCS(=O)(=O)NCCNc1cc(Nc2cc(C)ccn2)nc(C)n1.